The average Bonchev–Trinajstić information content (AvgIpc) is 3.19. The lowest BCUT2D eigenvalue weighted by Gasteiger charge is -2.12. The molecule has 0 spiro atoms. The predicted octanol–water partition coefficient (Wildman–Crippen LogP) is 2.94. The molecule has 1 aliphatic heterocycles. The number of nitrogens with zero attached hydrogens (tertiary/aromatic N) is 5. The highest BCUT2D eigenvalue weighted by molar-refractivity contribution is 7.99. The molecule has 3 aromatic heterocycles. The van der Waals surface area contributed by atoms with E-state index >= 15 is 0 Å². The van der Waals surface area contributed by atoms with E-state index in [0.717, 1.165) is 28.3 Å². The van der Waals surface area contributed by atoms with Crippen molar-refractivity contribution in [2.75, 3.05) is 19.1 Å². The van der Waals surface area contributed by atoms with Crippen molar-refractivity contribution in [3.63, 3.8) is 0 Å². The van der Waals surface area contributed by atoms with Crippen LogP contribution in [0.15, 0.2) is 40.1 Å². The van der Waals surface area contributed by atoms with Gasteiger partial charge in [0.2, 0.25) is 12.7 Å². The molecule has 0 atom stereocenters. The molecule has 6 rings (SSSR count). The molecule has 0 saturated heterocycles. The van der Waals surface area contributed by atoms with Gasteiger partial charge in [0, 0.05) is 41.0 Å². The minimum Gasteiger partial charge on any atom is -0.454 e. The van der Waals surface area contributed by atoms with Crippen LogP contribution in [-0.4, -0.2) is 43.7 Å². The highest BCUT2D eigenvalue weighted by Gasteiger charge is 2.29. The van der Waals surface area contributed by atoms with Crippen molar-refractivity contribution in [2.45, 2.75) is 29.4 Å². The van der Waals surface area contributed by atoms with E-state index in [1.807, 2.05) is 22.1 Å². The van der Waals surface area contributed by atoms with Crippen LogP contribution in [0.2, 0.25) is 0 Å². The third-order valence-corrected chi connectivity index (χ3v) is 7.31. The number of hydrogen-bond acceptors (Lipinski definition) is 10. The normalized spacial score (nSPS) is 14.7. The molecule has 3 N–H and O–H groups in total. The van der Waals surface area contributed by atoms with Gasteiger partial charge in [-0.3, -0.25) is 4.79 Å². The van der Waals surface area contributed by atoms with Crippen LogP contribution in [0.1, 0.15) is 12.8 Å². The number of rotatable bonds is 7. The summed E-state index contributed by atoms with van der Waals surface area (Å²) in [6, 6.07) is 3.89. The van der Waals surface area contributed by atoms with Gasteiger partial charge in [-0.05, 0) is 25.0 Å². The molecule has 33 heavy (non-hydrogen) atoms. The summed E-state index contributed by atoms with van der Waals surface area (Å²) in [6.07, 6.45) is 5.13. The summed E-state index contributed by atoms with van der Waals surface area (Å²) in [6.45, 7) is 1.16. The number of nitrogen functional groups attached to an aromatic ring is 1. The van der Waals surface area contributed by atoms with E-state index in [2.05, 4.69) is 20.3 Å². The Balaban J connectivity index is 1.38. The fourth-order valence-electron chi connectivity index (χ4n) is 3.62. The van der Waals surface area contributed by atoms with Crippen LogP contribution in [-0.2, 0) is 11.3 Å². The number of anilines is 1. The minimum atomic E-state index is 0.101. The third kappa shape index (κ3) is 3.85. The lowest BCUT2D eigenvalue weighted by Crippen LogP contribution is -2.28. The van der Waals surface area contributed by atoms with Gasteiger partial charge in [-0.25, -0.2) is 19.9 Å². The molecule has 4 heterocycles. The number of fused-ring (bicyclic) bond motifs is 2. The highest BCUT2D eigenvalue weighted by Crippen LogP contribution is 2.45. The van der Waals surface area contributed by atoms with E-state index in [-0.39, 0.29) is 18.6 Å². The van der Waals surface area contributed by atoms with Gasteiger partial charge in [0.1, 0.15) is 11.3 Å². The van der Waals surface area contributed by atoms with Crippen molar-refractivity contribution < 1.29 is 14.3 Å². The van der Waals surface area contributed by atoms with Crippen LogP contribution in [0.4, 0.5) is 5.82 Å². The van der Waals surface area contributed by atoms with Gasteiger partial charge < -0.3 is 25.1 Å². The van der Waals surface area contributed by atoms with Gasteiger partial charge in [0.25, 0.3) is 0 Å². The number of ether oxygens (including phenoxy) is 2. The summed E-state index contributed by atoms with van der Waals surface area (Å²) >= 11 is 3.01. The zero-order valence-corrected chi connectivity index (χ0v) is 19.0. The molecule has 168 valence electrons. The van der Waals surface area contributed by atoms with Crippen molar-refractivity contribution in [3.05, 3.63) is 30.0 Å². The first-order valence-corrected chi connectivity index (χ1v) is 12.1. The van der Waals surface area contributed by atoms with E-state index in [1.165, 1.54) is 18.1 Å². The summed E-state index contributed by atoms with van der Waals surface area (Å²) in [5, 5.41) is 6.50. The van der Waals surface area contributed by atoms with E-state index in [0.29, 0.717) is 46.7 Å². The maximum absolute atomic E-state index is 12.1. The molecule has 2 aliphatic rings. The molecule has 0 bridgehead atoms. The Morgan fingerprint density at radius 1 is 1.24 bits per heavy atom. The van der Waals surface area contributed by atoms with Gasteiger partial charge >= 0.3 is 0 Å². The number of carbonyl (C=O) groups excluding carboxylic acids is 1. The van der Waals surface area contributed by atoms with E-state index in [9.17, 15) is 4.79 Å². The average molecular weight is 482 g/mol. The Hall–Kier alpha value is -3.38. The Morgan fingerprint density at radius 3 is 2.88 bits per heavy atom. The summed E-state index contributed by atoms with van der Waals surface area (Å²) in [7, 11) is 0. The molecule has 1 aromatic carbocycles. The fourth-order valence-corrected chi connectivity index (χ4v) is 5.41. The van der Waals surface area contributed by atoms with Crippen LogP contribution in [0.5, 0.6) is 11.5 Å². The Bertz CT molecular complexity index is 1350. The van der Waals surface area contributed by atoms with Crippen molar-refractivity contribution in [3.8, 4) is 22.1 Å². The van der Waals surface area contributed by atoms with Crippen molar-refractivity contribution >= 4 is 46.0 Å². The topological polar surface area (TPSA) is 130 Å². The summed E-state index contributed by atoms with van der Waals surface area (Å²) < 4.78 is 13.1. The molecule has 1 amide bonds. The lowest BCUT2D eigenvalue weighted by atomic mass is 10.2. The molecule has 0 unspecified atom stereocenters. The first kappa shape index (κ1) is 20.2. The summed E-state index contributed by atoms with van der Waals surface area (Å²) in [5.74, 6) is 1.94. The number of nitrogens with two attached hydrogens (primary N) is 1. The molecule has 0 radical (unpaired) electrons. The molecule has 10 nitrogen and oxygen atoms in total. The second-order valence-corrected chi connectivity index (χ2v) is 9.59. The van der Waals surface area contributed by atoms with Crippen molar-refractivity contribution in [2.24, 2.45) is 5.92 Å². The monoisotopic (exact) mass is 481 g/mol. The standard InChI is InChI=1S/C21H19N7O3S2/c22-17-16-18(26-9-25-17)28(5-3-23-19(29)11-1-2-11)21(27-16)33-15-8-14-13(30-10-31-14)7-12(15)20-24-4-6-32-20/h4,6-9,11H,1-3,5,10H2,(H,23,29)(H2,22,25,26). The highest BCUT2D eigenvalue weighted by atomic mass is 32.2. The number of nitrogens with one attached hydrogen (secondary N) is 1. The molecular formula is C21H19N7O3S2. The molecule has 4 aromatic rings. The second-order valence-electron chi connectivity index (χ2n) is 7.68. The van der Waals surface area contributed by atoms with Crippen LogP contribution >= 0.6 is 23.1 Å². The SMILES string of the molecule is Nc1ncnc2c1nc(Sc1cc3c(cc1-c1nccs1)OCO3)n2CCNC(=O)C1CC1. The van der Waals surface area contributed by atoms with Gasteiger partial charge in [-0.15, -0.1) is 11.3 Å². The van der Waals surface area contributed by atoms with Gasteiger partial charge in [0.05, 0.1) is 0 Å². The van der Waals surface area contributed by atoms with Gasteiger partial charge in [0.15, 0.2) is 33.6 Å². The Morgan fingerprint density at radius 2 is 2.09 bits per heavy atom. The van der Waals surface area contributed by atoms with Crippen molar-refractivity contribution in [1.29, 1.82) is 0 Å². The quantitative estimate of drug-likeness (QED) is 0.409. The molecule has 1 saturated carbocycles. The number of thiazole rings is 1. The fraction of sp³-hybridized carbons (Fsp3) is 0.286. The minimum absolute atomic E-state index is 0.101. The van der Waals surface area contributed by atoms with E-state index < -0.39 is 0 Å². The third-order valence-electron chi connectivity index (χ3n) is 5.45. The molecule has 1 fully saturated rings. The van der Waals surface area contributed by atoms with E-state index in [1.54, 1.807) is 17.5 Å². The zero-order valence-electron chi connectivity index (χ0n) is 17.4. The second kappa shape index (κ2) is 8.19. The lowest BCUT2D eigenvalue weighted by molar-refractivity contribution is -0.122. The number of amides is 1. The van der Waals surface area contributed by atoms with Gasteiger partial charge in [-0.1, -0.05) is 11.8 Å². The molecular weight excluding hydrogens is 462 g/mol. The van der Waals surface area contributed by atoms with Crippen LogP contribution in [0.25, 0.3) is 21.7 Å². The maximum Gasteiger partial charge on any atom is 0.231 e. The number of carbonyl (C=O) groups is 1. The summed E-state index contributed by atoms with van der Waals surface area (Å²) in [4.78, 5) is 30.7. The number of aromatic nitrogens is 5. The first-order valence-electron chi connectivity index (χ1n) is 10.4. The van der Waals surface area contributed by atoms with Crippen molar-refractivity contribution in [1.82, 2.24) is 29.8 Å². The largest absolute Gasteiger partial charge is 0.454 e. The Kier molecular flexibility index (Phi) is 5.03. The first-order chi connectivity index (χ1) is 16.2. The number of imidazole rings is 1. The van der Waals surface area contributed by atoms with Crippen LogP contribution in [0.3, 0.4) is 0 Å². The Labute approximate surface area is 196 Å². The van der Waals surface area contributed by atoms with E-state index in [4.69, 9.17) is 20.2 Å². The predicted molar refractivity (Wildman–Crippen MR) is 123 cm³/mol. The zero-order chi connectivity index (χ0) is 22.4. The number of hydrogen-bond donors (Lipinski definition) is 2. The smallest absolute Gasteiger partial charge is 0.231 e. The van der Waals surface area contributed by atoms with Gasteiger partial charge in [-0.2, -0.15) is 0 Å². The van der Waals surface area contributed by atoms with Crippen LogP contribution < -0.4 is 20.5 Å². The molecule has 1 aliphatic carbocycles. The maximum atomic E-state index is 12.1. The molecule has 12 heteroatoms. The van der Waals surface area contributed by atoms with Crippen LogP contribution in [0, 0.1) is 5.92 Å². The number of benzene rings is 1. The summed E-state index contributed by atoms with van der Waals surface area (Å²) in [5.41, 5.74) is 8.18.